The fourth-order valence-corrected chi connectivity index (χ4v) is 4.43. The summed E-state index contributed by atoms with van der Waals surface area (Å²) in [6.07, 6.45) is 0. The highest BCUT2D eigenvalue weighted by Crippen LogP contribution is 2.26. The minimum Gasteiger partial charge on any atom is -0.352 e. The van der Waals surface area contributed by atoms with Crippen LogP contribution >= 0.6 is 11.6 Å². The van der Waals surface area contributed by atoms with Crippen LogP contribution < -0.4 is 4.90 Å². The predicted molar refractivity (Wildman–Crippen MR) is 139 cm³/mol. The zero-order chi connectivity index (χ0) is 24.9. The molecule has 1 aliphatic rings. The molecule has 0 N–H and O–H groups in total. The Morgan fingerprint density at radius 2 is 1.63 bits per heavy atom. The van der Waals surface area contributed by atoms with Crippen LogP contribution in [-0.2, 0) is 4.79 Å². The summed E-state index contributed by atoms with van der Waals surface area (Å²) in [7, 11) is 0. The van der Waals surface area contributed by atoms with Crippen LogP contribution in [0, 0.1) is 6.92 Å². The third-order valence-electron chi connectivity index (χ3n) is 6.32. The number of hydrogen-bond donors (Lipinski definition) is 0. The number of anilines is 1. The first kappa shape index (κ1) is 24.7. The molecular weight excluding hydrogens is 462 g/mol. The van der Waals surface area contributed by atoms with Crippen LogP contribution in [0.3, 0.4) is 0 Å². The summed E-state index contributed by atoms with van der Waals surface area (Å²) in [6, 6.07) is 18.8. The molecule has 0 saturated carbocycles. The number of benzene rings is 2. The molecule has 1 saturated heterocycles. The minimum atomic E-state index is -0.112. The second-order valence-corrected chi connectivity index (χ2v) is 9.37. The molecule has 0 atom stereocenters. The zero-order valence-electron chi connectivity index (χ0n) is 20.3. The highest BCUT2D eigenvalue weighted by atomic mass is 35.5. The summed E-state index contributed by atoms with van der Waals surface area (Å²) >= 11 is 6.27. The minimum absolute atomic E-state index is 0.0413. The van der Waals surface area contributed by atoms with Gasteiger partial charge in [0.2, 0.25) is 5.91 Å². The number of rotatable bonds is 6. The molecule has 0 bridgehead atoms. The van der Waals surface area contributed by atoms with Crippen molar-refractivity contribution in [3.8, 4) is 11.3 Å². The third kappa shape index (κ3) is 5.62. The molecule has 0 unspecified atom stereocenters. The predicted octanol–water partition coefficient (Wildman–Crippen LogP) is 4.30. The molecule has 1 aliphatic heterocycles. The van der Waals surface area contributed by atoms with Crippen LogP contribution in [0.2, 0.25) is 5.02 Å². The first-order valence-corrected chi connectivity index (χ1v) is 12.2. The summed E-state index contributed by atoms with van der Waals surface area (Å²) in [5.41, 5.74) is 3.11. The second kappa shape index (κ2) is 10.9. The fourth-order valence-electron chi connectivity index (χ4n) is 4.19. The van der Waals surface area contributed by atoms with Crippen LogP contribution in [-0.4, -0.2) is 70.6 Å². The van der Waals surface area contributed by atoms with Gasteiger partial charge in [-0.2, -0.15) is 0 Å². The highest BCUT2D eigenvalue weighted by molar-refractivity contribution is 6.33. The smallest absolute Gasteiger partial charge is 0.254 e. The van der Waals surface area contributed by atoms with Gasteiger partial charge in [0.25, 0.3) is 5.91 Å². The average Bonchev–Trinajstić information content (AvgIpc) is 2.87. The summed E-state index contributed by atoms with van der Waals surface area (Å²) in [4.78, 5) is 31.8. The van der Waals surface area contributed by atoms with Gasteiger partial charge >= 0.3 is 0 Å². The first-order chi connectivity index (χ1) is 16.8. The van der Waals surface area contributed by atoms with E-state index < -0.39 is 0 Å². The van der Waals surface area contributed by atoms with E-state index in [0.717, 1.165) is 22.6 Å². The van der Waals surface area contributed by atoms with Crippen molar-refractivity contribution in [1.29, 1.82) is 0 Å². The first-order valence-electron chi connectivity index (χ1n) is 11.8. The standard InChI is InChI=1S/C27H30ClN5O2/c1-19(2)33(27(35)21-9-5-4-8-20(21)3)18-26(34)32-16-14-31(15-17-32)25-13-12-24(29-30-25)22-10-6-7-11-23(22)28/h4-13,19H,14-18H2,1-3H3. The third-order valence-corrected chi connectivity index (χ3v) is 6.65. The molecule has 2 amide bonds. The van der Waals surface area contributed by atoms with Crippen molar-refractivity contribution in [1.82, 2.24) is 20.0 Å². The number of carbonyl (C=O) groups excluding carboxylic acids is 2. The van der Waals surface area contributed by atoms with Crippen molar-refractivity contribution in [3.63, 3.8) is 0 Å². The monoisotopic (exact) mass is 491 g/mol. The lowest BCUT2D eigenvalue weighted by Gasteiger charge is -2.37. The number of aryl methyl sites for hydroxylation is 1. The van der Waals surface area contributed by atoms with Gasteiger partial charge in [0.05, 0.1) is 10.7 Å². The molecule has 3 aromatic rings. The molecule has 8 heteroatoms. The molecule has 2 aromatic carbocycles. The Labute approximate surface area is 211 Å². The van der Waals surface area contributed by atoms with Crippen molar-refractivity contribution in [3.05, 3.63) is 76.8 Å². The Morgan fingerprint density at radius 3 is 2.26 bits per heavy atom. The maximum atomic E-state index is 13.1. The molecule has 2 heterocycles. The number of hydrogen-bond acceptors (Lipinski definition) is 5. The van der Waals surface area contributed by atoms with Crippen molar-refractivity contribution in [2.45, 2.75) is 26.8 Å². The lowest BCUT2D eigenvalue weighted by molar-refractivity contribution is -0.132. The van der Waals surface area contributed by atoms with Crippen molar-refractivity contribution in [2.75, 3.05) is 37.6 Å². The molecule has 0 aliphatic carbocycles. The van der Waals surface area contributed by atoms with Gasteiger partial charge < -0.3 is 14.7 Å². The number of piperazine rings is 1. The van der Waals surface area contributed by atoms with Gasteiger partial charge in [-0.25, -0.2) is 0 Å². The lowest BCUT2D eigenvalue weighted by atomic mass is 10.1. The molecule has 1 aromatic heterocycles. The number of nitrogens with zero attached hydrogens (tertiary/aromatic N) is 5. The van der Waals surface area contributed by atoms with Crippen LogP contribution in [0.15, 0.2) is 60.7 Å². The Bertz CT molecular complexity index is 1190. The van der Waals surface area contributed by atoms with E-state index in [1.165, 1.54) is 0 Å². The number of carbonyl (C=O) groups is 2. The molecule has 0 radical (unpaired) electrons. The van der Waals surface area contributed by atoms with Gasteiger partial charge in [0.15, 0.2) is 5.82 Å². The Hall–Kier alpha value is -3.45. The van der Waals surface area contributed by atoms with E-state index in [1.54, 1.807) is 4.90 Å². The number of aromatic nitrogens is 2. The maximum absolute atomic E-state index is 13.1. The number of halogens is 1. The molecule has 182 valence electrons. The largest absolute Gasteiger partial charge is 0.352 e. The molecule has 4 rings (SSSR count). The van der Waals surface area contributed by atoms with E-state index >= 15 is 0 Å². The van der Waals surface area contributed by atoms with Crippen molar-refractivity contribution < 1.29 is 9.59 Å². The molecular formula is C27H30ClN5O2. The van der Waals surface area contributed by atoms with E-state index in [2.05, 4.69) is 15.1 Å². The fraction of sp³-hybridized carbons (Fsp3) is 0.333. The van der Waals surface area contributed by atoms with Crippen LogP contribution in [0.25, 0.3) is 11.3 Å². The molecule has 0 spiro atoms. The van der Waals surface area contributed by atoms with Gasteiger partial charge in [0.1, 0.15) is 6.54 Å². The Kier molecular flexibility index (Phi) is 7.66. The Balaban J connectivity index is 1.36. The summed E-state index contributed by atoms with van der Waals surface area (Å²) in [5, 5.41) is 9.38. The second-order valence-electron chi connectivity index (χ2n) is 8.97. The Morgan fingerprint density at radius 1 is 0.943 bits per heavy atom. The zero-order valence-corrected chi connectivity index (χ0v) is 21.1. The van der Waals surface area contributed by atoms with Crippen LogP contribution in [0.4, 0.5) is 5.82 Å². The SMILES string of the molecule is Cc1ccccc1C(=O)N(CC(=O)N1CCN(c2ccc(-c3ccccc3Cl)nn2)CC1)C(C)C. The van der Waals surface area contributed by atoms with Gasteiger partial charge in [0, 0.05) is 43.3 Å². The maximum Gasteiger partial charge on any atom is 0.254 e. The van der Waals surface area contributed by atoms with Gasteiger partial charge in [-0.1, -0.05) is 48.0 Å². The lowest BCUT2D eigenvalue weighted by Crippen LogP contribution is -2.53. The van der Waals surface area contributed by atoms with E-state index in [1.807, 2.05) is 86.3 Å². The summed E-state index contributed by atoms with van der Waals surface area (Å²) < 4.78 is 0. The van der Waals surface area contributed by atoms with Crippen LogP contribution in [0.5, 0.6) is 0 Å². The van der Waals surface area contributed by atoms with E-state index in [-0.39, 0.29) is 24.4 Å². The summed E-state index contributed by atoms with van der Waals surface area (Å²) in [6.45, 7) is 8.29. The van der Waals surface area contributed by atoms with Crippen molar-refractivity contribution in [2.24, 2.45) is 0 Å². The van der Waals surface area contributed by atoms with E-state index in [4.69, 9.17) is 11.6 Å². The van der Waals surface area contributed by atoms with E-state index in [9.17, 15) is 9.59 Å². The number of amides is 2. The van der Waals surface area contributed by atoms with Gasteiger partial charge in [-0.3, -0.25) is 9.59 Å². The normalized spacial score (nSPS) is 13.7. The molecule has 35 heavy (non-hydrogen) atoms. The topological polar surface area (TPSA) is 69.6 Å². The average molecular weight is 492 g/mol. The highest BCUT2D eigenvalue weighted by Gasteiger charge is 2.27. The van der Waals surface area contributed by atoms with Crippen LogP contribution in [0.1, 0.15) is 29.8 Å². The van der Waals surface area contributed by atoms with Crippen molar-refractivity contribution >= 4 is 29.2 Å². The quantitative estimate of drug-likeness (QED) is 0.514. The van der Waals surface area contributed by atoms with E-state index in [0.29, 0.717) is 36.8 Å². The molecule has 7 nitrogen and oxygen atoms in total. The van der Waals surface area contributed by atoms with Gasteiger partial charge in [-0.05, 0) is 50.6 Å². The summed E-state index contributed by atoms with van der Waals surface area (Å²) in [5.74, 6) is 0.617. The van der Waals surface area contributed by atoms with Gasteiger partial charge in [-0.15, -0.1) is 10.2 Å². The molecule has 1 fully saturated rings.